The predicted octanol–water partition coefficient (Wildman–Crippen LogP) is 2.89. The third kappa shape index (κ3) is 5.95. The van der Waals surface area contributed by atoms with E-state index in [4.69, 9.17) is 9.88 Å². The van der Waals surface area contributed by atoms with Crippen LogP contribution >= 0.6 is 15.9 Å². The monoisotopic (exact) mass is 412 g/mol. The highest BCUT2D eigenvalue weighted by Crippen LogP contribution is 2.18. The van der Waals surface area contributed by atoms with Crippen LogP contribution in [0.2, 0.25) is 0 Å². The zero-order valence-electron chi connectivity index (χ0n) is 12.7. The van der Waals surface area contributed by atoms with E-state index >= 15 is 0 Å². The summed E-state index contributed by atoms with van der Waals surface area (Å²) in [4.78, 5) is 11.8. The Balaban J connectivity index is 1.75. The molecule has 8 heteroatoms. The van der Waals surface area contributed by atoms with Crippen molar-refractivity contribution in [2.45, 2.75) is 17.7 Å². The van der Waals surface area contributed by atoms with Crippen molar-refractivity contribution in [1.82, 2.24) is 0 Å². The minimum absolute atomic E-state index is 0.00270. The van der Waals surface area contributed by atoms with Crippen LogP contribution in [0.25, 0.3) is 0 Å². The molecule has 128 valence electrons. The van der Waals surface area contributed by atoms with Crippen molar-refractivity contribution in [2.75, 3.05) is 11.9 Å². The van der Waals surface area contributed by atoms with Crippen molar-refractivity contribution >= 4 is 37.5 Å². The van der Waals surface area contributed by atoms with E-state index in [9.17, 15) is 13.2 Å². The number of carbonyl (C=O) groups excluding carboxylic acids is 1. The topological polar surface area (TPSA) is 98.5 Å². The van der Waals surface area contributed by atoms with E-state index in [-0.39, 0.29) is 10.8 Å². The first-order chi connectivity index (χ1) is 11.3. The maximum Gasteiger partial charge on any atom is 0.238 e. The van der Waals surface area contributed by atoms with Gasteiger partial charge < -0.3 is 10.1 Å². The smallest absolute Gasteiger partial charge is 0.238 e. The molecule has 0 aliphatic heterocycles. The summed E-state index contributed by atoms with van der Waals surface area (Å²) >= 11 is 3.36. The van der Waals surface area contributed by atoms with Crippen LogP contribution in [0.3, 0.4) is 0 Å². The van der Waals surface area contributed by atoms with Gasteiger partial charge in [-0.15, -0.1) is 0 Å². The second kappa shape index (κ2) is 8.27. The van der Waals surface area contributed by atoms with E-state index in [1.165, 1.54) is 24.3 Å². The zero-order valence-corrected chi connectivity index (χ0v) is 15.1. The summed E-state index contributed by atoms with van der Waals surface area (Å²) in [5, 5.41) is 7.71. The van der Waals surface area contributed by atoms with Gasteiger partial charge in [0.05, 0.1) is 11.5 Å². The standard InChI is InChI=1S/C16H17BrN2O4S/c17-12-3-1-4-14(11-12)23-10-2-5-16(20)19-13-6-8-15(9-7-13)24(18,21)22/h1,3-4,6-9,11H,2,5,10H2,(H,19,20)(H2,18,21,22). The number of halogens is 1. The molecule has 0 radical (unpaired) electrons. The molecule has 2 rings (SSSR count). The summed E-state index contributed by atoms with van der Waals surface area (Å²) in [5.74, 6) is 0.569. The molecule has 2 aromatic rings. The van der Waals surface area contributed by atoms with Gasteiger partial charge in [-0.1, -0.05) is 22.0 Å². The van der Waals surface area contributed by atoms with Crippen LogP contribution in [0.4, 0.5) is 5.69 Å². The SMILES string of the molecule is NS(=O)(=O)c1ccc(NC(=O)CCCOc2cccc(Br)c2)cc1. The van der Waals surface area contributed by atoms with E-state index in [0.29, 0.717) is 25.1 Å². The second-order valence-corrected chi connectivity index (χ2v) is 7.50. The number of ether oxygens (including phenoxy) is 1. The number of nitrogens with one attached hydrogen (secondary N) is 1. The lowest BCUT2D eigenvalue weighted by Crippen LogP contribution is -2.14. The number of carbonyl (C=O) groups is 1. The zero-order chi connectivity index (χ0) is 17.6. The number of sulfonamides is 1. The van der Waals surface area contributed by atoms with Crippen LogP contribution < -0.4 is 15.2 Å². The number of nitrogens with two attached hydrogens (primary N) is 1. The van der Waals surface area contributed by atoms with Gasteiger partial charge in [-0.2, -0.15) is 0 Å². The third-order valence-corrected chi connectivity index (χ3v) is 4.50. The molecule has 0 aromatic heterocycles. The summed E-state index contributed by atoms with van der Waals surface area (Å²) in [6, 6.07) is 13.2. The van der Waals surface area contributed by atoms with E-state index in [1.807, 2.05) is 24.3 Å². The Hall–Kier alpha value is -1.90. The fourth-order valence-corrected chi connectivity index (χ4v) is 2.82. The van der Waals surface area contributed by atoms with Crippen LogP contribution in [0.15, 0.2) is 57.9 Å². The van der Waals surface area contributed by atoms with Gasteiger partial charge in [0.1, 0.15) is 5.75 Å². The van der Waals surface area contributed by atoms with Crippen LogP contribution in [-0.4, -0.2) is 20.9 Å². The second-order valence-electron chi connectivity index (χ2n) is 5.03. The minimum Gasteiger partial charge on any atom is -0.494 e. The lowest BCUT2D eigenvalue weighted by Gasteiger charge is -2.08. The minimum atomic E-state index is -3.73. The molecule has 0 fully saturated rings. The Morgan fingerprint density at radius 1 is 1.17 bits per heavy atom. The molecular weight excluding hydrogens is 396 g/mol. The molecule has 0 saturated heterocycles. The average molecular weight is 413 g/mol. The summed E-state index contributed by atoms with van der Waals surface area (Å²) in [6.07, 6.45) is 0.860. The molecule has 0 aliphatic rings. The van der Waals surface area contributed by atoms with E-state index in [0.717, 1.165) is 10.2 Å². The van der Waals surface area contributed by atoms with Crippen molar-refractivity contribution in [3.63, 3.8) is 0 Å². The Bertz CT molecular complexity index is 807. The molecule has 0 spiro atoms. The molecule has 0 heterocycles. The first-order valence-electron chi connectivity index (χ1n) is 7.16. The molecule has 3 N–H and O–H groups in total. The Kier molecular flexibility index (Phi) is 6.36. The van der Waals surface area contributed by atoms with Gasteiger partial charge in [0.2, 0.25) is 15.9 Å². The van der Waals surface area contributed by atoms with Gasteiger partial charge in [-0.3, -0.25) is 4.79 Å². The number of amides is 1. The van der Waals surface area contributed by atoms with Crippen molar-refractivity contribution < 1.29 is 17.9 Å². The fraction of sp³-hybridized carbons (Fsp3) is 0.188. The van der Waals surface area contributed by atoms with Gasteiger partial charge in [0.25, 0.3) is 0 Å². The molecule has 0 saturated carbocycles. The molecular formula is C16H17BrN2O4S. The molecule has 0 atom stereocenters. The third-order valence-electron chi connectivity index (χ3n) is 3.08. The van der Waals surface area contributed by atoms with Crippen LogP contribution in [0, 0.1) is 0 Å². The lowest BCUT2D eigenvalue weighted by molar-refractivity contribution is -0.116. The summed E-state index contributed by atoms with van der Waals surface area (Å²) < 4.78 is 28.8. The van der Waals surface area contributed by atoms with Gasteiger partial charge in [-0.25, -0.2) is 13.6 Å². The number of primary sulfonamides is 1. The maximum atomic E-state index is 11.8. The first kappa shape index (κ1) is 18.4. The number of benzene rings is 2. The Morgan fingerprint density at radius 2 is 1.88 bits per heavy atom. The van der Waals surface area contributed by atoms with Gasteiger partial charge in [0, 0.05) is 16.6 Å². The van der Waals surface area contributed by atoms with Crippen molar-refractivity contribution in [3.05, 3.63) is 53.0 Å². The van der Waals surface area contributed by atoms with Crippen LogP contribution in [0.5, 0.6) is 5.75 Å². The lowest BCUT2D eigenvalue weighted by atomic mass is 10.2. The molecule has 0 aliphatic carbocycles. The van der Waals surface area contributed by atoms with E-state index in [1.54, 1.807) is 0 Å². The van der Waals surface area contributed by atoms with Gasteiger partial charge >= 0.3 is 0 Å². The Labute approximate surface area is 149 Å². The highest BCUT2D eigenvalue weighted by atomic mass is 79.9. The molecule has 6 nitrogen and oxygen atoms in total. The van der Waals surface area contributed by atoms with Crippen LogP contribution in [-0.2, 0) is 14.8 Å². The predicted molar refractivity (Wildman–Crippen MR) is 95.3 cm³/mol. The van der Waals surface area contributed by atoms with Gasteiger partial charge in [-0.05, 0) is 48.9 Å². The fourth-order valence-electron chi connectivity index (χ4n) is 1.93. The number of rotatable bonds is 7. The summed E-state index contributed by atoms with van der Waals surface area (Å²) in [7, 11) is -3.73. The maximum absolute atomic E-state index is 11.8. The van der Waals surface area contributed by atoms with E-state index < -0.39 is 10.0 Å². The molecule has 0 unspecified atom stereocenters. The molecule has 24 heavy (non-hydrogen) atoms. The molecule has 2 aromatic carbocycles. The normalized spacial score (nSPS) is 11.1. The van der Waals surface area contributed by atoms with Crippen LogP contribution in [0.1, 0.15) is 12.8 Å². The number of anilines is 1. The van der Waals surface area contributed by atoms with E-state index in [2.05, 4.69) is 21.2 Å². The molecule has 1 amide bonds. The number of hydrogen-bond donors (Lipinski definition) is 2. The number of hydrogen-bond acceptors (Lipinski definition) is 4. The van der Waals surface area contributed by atoms with Crippen molar-refractivity contribution in [3.8, 4) is 5.75 Å². The highest BCUT2D eigenvalue weighted by Gasteiger charge is 2.08. The van der Waals surface area contributed by atoms with Gasteiger partial charge in [0.15, 0.2) is 0 Å². The van der Waals surface area contributed by atoms with Crippen molar-refractivity contribution in [2.24, 2.45) is 5.14 Å². The highest BCUT2D eigenvalue weighted by molar-refractivity contribution is 9.10. The first-order valence-corrected chi connectivity index (χ1v) is 9.49. The van der Waals surface area contributed by atoms with Crippen molar-refractivity contribution in [1.29, 1.82) is 0 Å². The summed E-state index contributed by atoms with van der Waals surface area (Å²) in [6.45, 7) is 0.425. The average Bonchev–Trinajstić information content (AvgIpc) is 2.51. The largest absolute Gasteiger partial charge is 0.494 e. The molecule has 0 bridgehead atoms. The summed E-state index contributed by atoms with van der Waals surface area (Å²) in [5.41, 5.74) is 0.514. The quantitative estimate of drug-likeness (QED) is 0.682. The Morgan fingerprint density at radius 3 is 2.50 bits per heavy atom.